The second-order valence-electron chi connectivity index (χ2n) is 6.57. The van der Waals surface area contributed by atoms with E-state index in [0.29, 0.717) is 0 Å². The standard InChI is InChI=1S/C17H27N3/c1-7-8-16-19-11-15(12-20-16)18-10-14(3)13(2)9-17(4,5)6/h10-12,14H,2,7-9H2,1,3-6H3/b18-10+. The molecule has 1 heterocycles. The minimum atomic E-state index is 0.268. The molecule has 0 aliphatic heterocycles. The van der Waals surface area contributed by atoms with Gasteiger partial charge in [-0.1, -0.05) is 46.8 Å². The fourth-order valence-electron chi connectivity index (χ4n) is 1.91. The molecule has 3 heteroatoms. The van der Waals surface area contributed by atoms with Gasteiger partial charge in [-0.05, 0) is 18.3 Å². The fraction of sp³-hybridized carbons (Fsp3) is 0.588. The van der Waals surface area contributed by atoms with E-state index in [0.717, 1.165) is 30.8 Å². The monoisotopic (exact) mass is 273 g/mol. The SMILES string of the molecule is C=C(CC(C)(C)C)C(C)/C=N/c1cnc(CCC)nc1. The summed E-state index contributed by atoms with van der Waals surface area (Å²) in [5.74, 6) is 1.15. The lowest BCUT2D eigenvalue weighted by atomic mass is 9.84. The van der Waals surface area contributed by atoms with Crippen LogP contribution in [-0.2, 0) is 6.42 Å². The molecule has 0 N–H and O–H groups in total. The first kappa shape index (κ1) is 16.5. The van der Waals surface area contributed by atoms with Crippen molar-refractivity contribution in [2.75, 3.05) is 0 Å². The molecule has 1 aromatic rings. The summed E-state index contributed by atoms with van der Waals surface area (Å²) in [6.45, 7) is 15.1. The van der Waals surface area contributed by atoms with E-state index in [4.69, 9.17) is 0 Å². The summed E-state index contributed by atoms with van der Waals surface area (Å²) in [5.41, 5.74) is 2.29. The lowest BCUT2D eigenvalue weighted by Gasteiger charge is -2.21. The maximum absolute atomic E-state index is 4.45. The third kappa shape index (κ3) is 6.09. The number of hydrogen-bond donors (Lipinski definition) is 0. The molecule has 110 valence electrons. The summed E-state index contributed by atoms with van der Waals surface area (Å²) < 4.78 is 0. The third-order valence-corrected chi connectivity index (χ3v) is 3.01. The Bertz CT molecular complexity index is 452. The van der Waals surface area contributed by atoms with Gasteiger partial charge < -0.3 is 0 Å². The van der Waals surface area contributed by atoms with E-state index in [2.05, 4.69) is 56.2 Å². The maximum Gasteiger partial charge on any atom is 0.128 e. The summed E-state index contributed by atoms with van der Waals surface area (Å²) in [6, 6.07) is 0. The first-order valence-corrected chi connectivity index (χ1v) is 7.34. The highest BCUT2D eigenvalue weighted by Crippen LogP contribution is 2.26. The van der Waals surface area contributed by atoms with Crippen molar-refractivity contribution in [1.82, 2.24) is 9.97 Å². The number of hydrogen-bond acceptors (Lipinski definition) is 3. The lowest BCUT2D eigenvalue weighted by Crippen LogP contribution is -2.10. The van der Waals surface area contributed by atoms with Crippen molar-refractivity contribution in [1.29, 1.82) is 0 Å². The molecule has 0 bridgehead atoms. The highest BCUT2D eigenvalue weighted by Gasteiger charge is 2.14. The van der Waals surface area contributed by atoms with Gasteiger partial charge in [0.1, 0.15) is 5.82 Å². The number of allylic oxidation sites excluding steroid dienone is 1. The molecular formula is C17H27N3. The van der Waals surface area contributed by atoms with Gasteiger partial charge in [0.25, 0.3) is 0 Å². The minimum Gasteiger partial charge on any atom is -0.257 e. The minimum absolute atomic E-state index is 0.268. The van der Waals surface area contributed by atoms with Crippen molar-refractivity contribution < 1.29 is 0 Å². The molecule has 0 saturated heterocycles. The van der Waals surface area contributed by atoms with Crippen molar-refractivity contribution in [3.8, 4) is 0 Å². The molecule has 0 aromatic carbocycles. The van der Waals surface area contributed by atoms with Crippen molar-refractivity contribution in [2.24, 2.45) is 16.3 Å². The average molecular weight is 273 g/mol. The van der Waals surface area contributed by atoms with Gasteiger partial charge in [0.2, 0.25) is 0 Å². The summed E-state index contributed by atoms with van der Waals surface area (Å²) in [7, 11) is 0. The van der Waals surface area contributed by atoms with E-state index in [1.54, 1.807) is 12.4 Å². The quantitative estimate of drug-likeness (QED) is 0.553. The van der Waals surface area contributed by atoms with Crippen LogP contribution in [0.4, 0.5) is 5.69 Å². The Balaban J connectivity index is 2.60. The van der Waals surface area contributed by atoms with Gasteiger partial charge in [0.05, 0.1) is 18.1 Å². The molecule has 0 aliphatic rings. The van der Waals surface area contributed by atoms with Crippen LogP contribution in [-0.4, -0.2) is 16.2 Å². The van der Waals surface area contributed by atoms with Crippen molar-refractivity contribution >= 4 is 11.9 Å². The molecule has 1 atom stereocenters. The molecule has 1 unspecified atom stereocenters. The Kier molecular flexibility index (Phi) is 6.05. The lowest BCUT2D eigenvalue weighted by molar-refractivity contribution is 0.401. The number of aliphatic imine (C=N–C) groups is 1. The molecule has 0 fully saturated rings. The van der Waals surface area contributed by atoms with Gasteiger partial charge in [-0.2, -0.15) is 0 Å². The molecule has 0 spiro atoms. The van der Waals surface area contributed by atoms with E-state index >= 15 is 0 Å². The van der Waals surface area contributed by atoms with Crippen molar-refractivity contribution in [2.45, 2.75) is 53.9 Å². The second-order valence-corrected chi connectivity index (χ2v) is 6.57. The Morgan fingerprint density at radius 2 is 1.95 bits per heavy atom. The van der Waals surface area contributed by atoms with E-state index in [9.17, 15) is 0 Å². The van der Waals surface area contributed by atoms with E-state index in [-0.39, 0.29) is 11.3 Å². The zero-order valence-electron chi connectivity index (χ0n) is 13.5. The summed E-state index contributed by atoms with van der Waals surface area (Å²) >= 11 is 0. The van der Waals surface area contributed by atoms with Gasteiger partial charge >= 0.3 is 0 Å². The van der Waals surface area contributed by atoms with Gasteiger partial charge in [-0.25, -0.2) is 9.97 Å². The second kappa shape index (κ2) is 7.32. The van der Waals surface area contributed by atoms with E-state index in [1.807, 2.05) is 6.21 Å². The normalized spacial score (nSPS) is 13.7. The van der Waals surface area contributed by atoms with Gasteiger partial charge in [0.15, 0.2) is 0 Å². The molecule has 1 aromatic heterocycles. The predicted molar refractivity (Wildman–Crippen MR) is 86.6 cm³/mol. The number of rotatable bonds is 6. The zero-order valence-corrected chi connectivity index (χ0v) is 13.5. The molecule has 20 heavy (non-hydrogen) atoms. The maximum atomic E-state index is 4.45. The van der Waals surface area contributed by atoms with Crippen LogP contribution in [0.15, 0.2) is 29.5 Å². The number of nitrogens with zero attached hydrogens (tertiary/aromatic N) is 3. The summed E-state index contributed by atoms with van der Waals surface area (Å²) in [6.07, 6.45) is 8.49. The topological polar surface area (TPSA) is 38.1 Å². The largest absolute Gasteiger partial charge is 0.257 e. The first-order chi connectivity index (χ1) is 9.31. The van der Waals surface area contributed by atoms with Crippen LogP contribution in [0.2, 0.25) is 0 Å². The summed E-state index contributed by atoms with van der Waals surface area (Å²) in [4.78, 5) is 13.1. The van der Waals surface area contributed by atoms with Crippen molar-refractivity contribution in [3.05, 3.63) is 30.4 Å². The Morgan fingerprint density at radius 1 is 1.35 bits per heavy atom. The van der Waals surface area contributed by atoms with Crippen LogP contribution in [0, 0.1) is 11.3 Å². The number of aryl methyl sites for hydroxylation is 1. The molecule has 0 amide bonds. The highest BCUT2D eigenvalue weighted by atomic mass is 14.9. The van der Waals surface area contributed by atoms with Crippen LogP contribution in [0.1, 0.15) is 53.3 Å². The van der Waals surface area contributed by atoms with Crippen LogP contribution < -0.4 is 0 Å². The molecule has 3 nitrogen and oxygen atoms in total. The van der Waals surface area contributed by atoms with Crippen LogP contribution in [0.3, 0.4) is 0 Å². The smallest absolute Gasteiger partial charge is 0.128 e. The van der Waals surface area contributed by atoms with Crippen LogP contribution >= 0.6 is 0 Å². The van der Waals surface area contributed by atoms with Gasteiger partial charge in [0, 0.05) is 18.6 Å². The average Bonchev–Trinajstić information content (AvgIpc) is 2.36. The number of aromatic nitrogens is 2. The van der Waals surface area contributed by atoms with E-state index in [1.165, 1.54) is 5.57 Å². The molecule has 0 radical (unpaired) electrons. The fourth-order valence-corrected chi connectivity index (χ4v) is 1.91. The molecule has 0 aliphatic carbocycles. The first-order valence-electron chi connectivity index (χ1n) is 7.34. The van der Waals surface area contributed by atoms with E-state index < -0.39 is 0 Å². The molecule has 1 rings (SSSR count). The van der Waals surface area contributed by atoms with Crippen molar-refractivity contribution in [3.63, 3.8) is 0 Å². The van der Waals surface area contributed by atoms with Crippen LogP contribution in [0.5, 0.6) is 0 Å². The Morgan fingerprint density at radius 3 is 2.45 bits per heavy atom. The van der Waals surface area contributed by atoms with Gasteiger partial charge in [-0.15, -0.1) is 0 Å². The molecular weight excluding hydrogens is 246 g/mol. The molecule has 0 saturated carbocycles. The highest BCUT2D eigenvalue weighted by molar-refractivity contribution is 5.68. The summed E-state index contributed by atoms with van der Waals surface area (Å²) in [5, 5.41) is 0. The predicted octanol–water partition coefficient (Wildman–Crippen LogP) is 4.76. The van der Waals surface area contributed by atoms with Gasteiger partial charge in [-0.3, -0.25) is 4.99 Å². The zero-order chi connectivity index (χ0) is 15.2. The van der Waals surface area contributed by atoms with Crippen LogP contribution in [0.25, 0.3) is 0 Å². The Hall–Kier alpha value is -1.51. The Labute approximate surface area is 123 Å². The third-order valence-electron chi connectivity index (χ3n) is 3.01.